The van der Waals surface area contributed by atoms with E-state index >= 15 is 0 Å². The lowest BCUT2D eigenvalue weighted by molar-refractivity contribution is -0.342. The van der Waals surface area contributed by atoms with Crippen molar-refractivity contribution in [3.05, 3.63) is 0 Å². The summed E-state index contributed by atoms with van der Waals surface area (Å²) in [5.74, 6) is -1.63. The number of hydrogen-bond donors (Lipinski definition) is 8. The second kappa shape index (κ2) is 10.0. The van der Waals surface area contributed by atoms with Crippen LogP contribution < -0.4 is 0 Å². The zero-order valence-electron chi connectivity index (χ0n) is 23.7. The van der Waals surface area contributed by atoms with E-state index in [0.717, 1.165) is 0 Å². The monoisotopic (exact) mass is 586 g/mol. The molecule has 0 spiro atoms. The molecule has 2 aliphatic heterocycles. The first-order chi connectivity index (χ1) is 19.2. The van der Waals surface area contributed by atoms with Crippen molar-refractivity contribution in [1.29, 1.82) is 0 Å². The standard InChI is InChI=1S/C29H46O12/c1-13-22(34)23(35)24(36)25(40-13)41-15-8-19(32)28(12-30)21-17(3-5-27(28,37)9-15)29(38)6-4-16(14-7-20(33)39-11-14)26(29,2)10-18(21)31/h13-19,21-25,30-32,34-38H,3-12H2,1-2H3/t13-,14+,15+,16+,17+,18+,19+,21+,22+,23-,24-,25+,26-,27-,28-,29+/m1/s1. The van der Waals surface area contributed by atoms with Gasteiger partial charge in [-0.2, -0.15) is 0 Å². The van der Waals surface area contributed by atoms with E-state index in [1.807, 2.05) is 6.92 Å². The predicted molar refractivity (Wildman–Crippen MR) is 139 cm³/mol. The molecule has 0 radical (unpaired) electrons. The molecule has 234 valence electrons. The van der Waals surface area contributed by atoms with Crippen LogP contribution in [-0.2, 0) is 19.0 Å². The fraction of sp³-hybridized carbons (Fsp3) is 0.966. The zero-order chi connectivity index (χ0) is 29.7. The molecule has 12 heteroatoms. The molecular formula is C29H46O12. The highest BCUT2D eigenvalue weighted by atomic mass is 16.7. The van der Waals surface area contributed by atoms with Crippen molar-refractivity contribution in [2.45, 2.75) is 125 Å². The molecule has 16 atom stereocenters. The van der Waals surface area contributed by atoms with Crippen LogP contribution >= 0.6 is 0 Å². The van der Waals surface area contributed by atoms with E-state index in [1.165, 1.54) is 6.92 Å². The molecule has 8 N–H and O–H groups in total. The van der Waals surface area contributed by atoms with Crippen molar-refractivity contribution in [2.24, 2.45) is 34.5 Å². The molecule has 4 aliphatic carbocycles. The highest BCUT2D eigenvalue weighted by Gasteiger charge is 2.75. The lowest BCUT2D eigenvalue weighted by Crippen LogP contribution is -2.76. The van der Waals surface area contributed by atoms with Crippen molar-refractivity contribution in [2.75, 3.05) is 13.2 Å². The van der Waals surface area contributed by atoms with Crippen LogP contribution in [0.3, 0.4) is 0 Å². The Hall–Kier alpha value is -0.930. The summed E-state index contributed by atoms with van der Waals surface area (Å²) in [5.41, 5.74) is -5.13. The molecular weight excluding hydrogens is 540 g/mol. The van der Waals surface area contributed by atoms with Gasteiger partial charge in [0.2, 0.25) is 0 Å². The summed E-state index contributed by atoms with van der Waals surface area (Å²) >= 11 is 0. The van der Waals surface area contributed by atoms with Crippen LogP contribution in [0.1, 0.15) is 65.2 Å². The molecule has 12 nitrogen and oxygen atoms in total. The fourth-order valence-corrected chi connectivity index (χ4v) is 10.5. The minimum atomic E-state index is -1.66. The molecule has 0 amide bonds. The van der Waals surface area contributed by atoms with E-state index in [1.54, 1.807) is 0 Å². The van der Waals surface area contributed by atoms with Crippen LogP contribution in [0.25, 0.3) is 0 Å². The molecule has 6 rings (SSSR count). The maximum absolute atomic E-state index is 12.4. The first-order valence-corrected chi connectivity index (χ1v) is 15.1. The highest BCUT2D eigenvalue weighted by molar-refractivity contribution is 5.71. The quantitative estimate of drug-likeness (QED) is 0.141. The Morgan fingerprint density at radius 1 is 0.976 bits per heavy atom. The largest absolute Gasteiger partial charge is 0.465 e. The van der Waals surface area contributed by atoms with Crippen LogP contribution in [0, 0.1) is 34.5 Å². The van der Waals surface area contributed by atoms with E-state index in [9.17, 15) is 45.6 Å². The summed E-state index contributed by atoms with van der Waals surface area (Å²) in [6.07, 6.45) is -7.60. The average Bonchev–Trinajstić information content (AvgIpc) is 3.45. The number of carbonyl (C=O) groups is 1. The van der Waals surface area contributed by atoms with E-state index < -0.39 is 89.5 Å². The summed E-state index contributed by atoms with van der Waals surface area (Å²) < 4.78 is 16.8. The summed E-state index contributed by atoms with van der Waals surface area (Å²) in [6, 6.07) is 0. The van der Waals surface area contributed by atoms with E-state index in [4.69, 9.17) is 14.2 Å². The van der Waals surface area contributed by atoms with Gasteiger partial charge in [-0.15, -0.1) is 0 Å². The fourth-order valence-electron chi connectivity index (χ4n) is 10.5. The van der Waals surface area contributed by atoms with Crippen molar-refractivity contribution < 1.29 is 59.9 Å². The molecule has 2 heterocycles. The number of fused-ring (bicyclic) bond motifs is 5. The van der Waals surface area contributed by atoms with Gasteiger partial charge in [-0.25, -0.2) is 0 Å². The molecule has 4 saturated carbocycles. The maximum atomic E-state index is 12.4. The molecule has 0 aromatic heterocycles. The van der Waals surface area contributed by atoms with Gasteiger partial charge in [0.1, 0.15) is 18.3 Å². The van der Waals surface area contributed by atoms with E-state index in [2.05, 4.69) is 0 Å². The number of cyclic esters (lactones) is 1. The second-order valence-corrected chi connectivity index (χ2v) is 14.2. The third-order valence-corrected chi connectivity index (χ3v) is 12.6. The van der Waals surface area contributed by atoms with Crippen molar-refractivity contribution >= 4 is 5.97 Å². The molecule has 6 aliphatic rings. The van der Waals surface area contributed by atoms with E-state index in [-0.39, 0.29) is 49.9 Å². The predicted octanol–water partition coefficient (Wildman–Crippen LogP) is -1.44. The van der Waals surface area contributed by atoms with Gasteiger partial charge in [0, 0.05) is 30.1 Å². The molecule has 0 aromatic rings. The number of esters is 1. The first kappa shape index (κ1) is 30.1. The van der Waals surface area contributed by atoms with Crippen LogP contribution in [0.4, 0.5) is 0 Å². The lowest BCUT2D eigenvalue weighted by Gasteiger charge is -2.68. The van der Waals surface area contributed by atoms with Gasteiger partial charge in [0.05, 0.1) is 60.7 Å². The van der Waals surface area contributed by atoms with Gasteiger partial charge in [-0.3, -0.25) is 4.79 Å². The zero-order valence-corrected chi connectivity index (χ0v) is 23.7. The molecule has 41 heavy (non-hydrogen) atoms. The third kappa shape index (κ3) is 4.05. The Labute approximate surface area is 239 Å². The number of carbonyl (C=O) groups excluding carboxylic acids is 1. The summed E-state index contributed by atoms with van der Waals surface area (Å²) in [4.78, 5) is 11.9. The first-order valence-electron chi connectivity index (χ1n) is 15.1. The average molecular weight is 587 g/mol. The normalized spacial score (nSPS) is 58.8. The summed E-state index contributed by atoms with van der Waals surface area (Å²) in [7, 11) is 0. The van der Waals surface area contributed by atoms with Gasteiger partial charge in [0.25, 0.3) is 0 Å². The summed E-state index contributed by atoms with van der Waals surface area (Å²) in [6.45, 7) is 3.20. The van der Waals surface area contributed by atoms with Gasteiger partial charge in [-0.05, 0) is 50.9 Å². The number of ether oxygens (including phenoxy) is 3. The molecule has 0 bridgehead atoms. The van der Waals surface area contributed by atoms with Crippen LogP contribution in [0.5, 0.6) is 0 Å². The van der Waals surface area contributed by atoms with Crippen molar-refractivity contribution in [1.82, 2.24) is 0 Å². The van der Waals surface area contributed by atoms with Crippen LogP contribution in [0.2, 0.25) is 0 Å². The number of rotatable bonds is 4. The van der Waals surface area contributed by atoms with Crippen LogP contribution in [-0.4, -0.2) is 120 Å². The molecule has 0 aromatic carbocycles. The maximum Gasteiger partial charge on any atom is 0.306 e. The van der Waals surface area contributed by atoms with Gasteiger partial charge < -0.3 is 55.1 Å². The van der Waals surface area contributed by atoms with Gasteiger partial charge in [0.15, 0.2) is 6.29 Å². The van der Waals surface area contributed by atoms with Gasteiger partial charge >= 0.3 is 5.97 Å². The topological polar surface area (TPSA) is 207 Å². The van der Waals surface area contributed by atoms with Crippen molar-refractivity contribution in [3.8, 4) is 0 Å². The Bertz CT molecular complexity index is 1030. The minimum Gasteiger partial charge on any atom is -0.465 e. The Kier molecular flexibility index (Phi) is 7.38. The Morgan fingerprint density at radius 2 is 1.68 bits per heavy atom. The second-order valence-electron chi connectivity index (χ2n) is 14.2. The highest BCUT2D eigenvalue weighted by Crippen LogP contribution is 2.71. The van der Waals surface area contributed by atoms with Gasteiger partial charge in [-0.1, -0.05) is 6.92 Å². The number of aliphatic hydroxyl groups is 8. The number of aliphatic hydroxyl groups excluding tert-OH is 6. The smallest absolute Gasteiger partial charge is 0.306 e. The SMILES string of the molecule is C[C@H]1O[C@@H](O[C@H]2C[C@H](O)[C@]3(CO)[C@@H]4[C@@H](O)C[C@]5(C)[C@H]([C@@H]6COC(=O)C6)CC[C@]5(O)[C@H]4CC[C@@]3(O)C2)[C@H](O)[C@H](O)[C@H]1O. The minimum absolute atomic E-state index is 0.0278. The number of hydrogen-bond acceptors (Lipinski definition) is 12. The van der Waals surface area contributed by atoms with Crippen molar-refractivity contribution in [3.63, 3.8) is 0 Å². The molecule has 6 fully saturated rings. The Balaban J connectivity index is 1.27. The molecule has 0 unspecified atom stereocenters. The van der Waals surface area contributed by atoms with E-state index in [0.29, 0.717) is 25.9 Å². The Morgan fingerprint density at radius 3 is 2.34 bits per heavy atom. The lowest BCUT2D eigenvalue weighted by atomic mass is 9.40. The molecule has 2 saturated heterocycles. The van der Waals surface area contributed by atoms with Crippen LogP contribution in [0.15, 0.2) is 0 Å². The summed E-state index contributed by atoms with van der Waals surface area (Å²) in [5, 5.41) is 89.7. The third-order valence-electron chi connectivity index (χ3n) is 12.6.